The third kappa shape index (κ3) is 4.14. The molecular weight excluding hydrogens is 342 g/mol. The average molecular weight is 364 g/mol. The summed E-state index contributed by atoms with van der Waals surface area (Å²) in [6, 6.07) is 7.46. The predicted molar refractivity (Wildman–Crippen MR) is 95.3 cm³/mol. The lowest BCUT2D eigenvalue weighted by Crippen LogP contribution is -2.49. The Morgan fingerprint density at radius 3 is 2.60 bits per heavy atom. The van der Waals surface area contributed by atoms with E-state index in [1.165, 1.54) is 0 Å². The second-order valence-electron chi connectivity index (χ2n) is 6.11. The highest BCUT2D eigenvalue weighted by molar-refractivity contribution is 6.32. The van der Waals surface area contributed by atoms with Crippen LogP contribution in [0.15, 0.2) is 28.8 Å². The Kier molecular flexibility index (Phi) is 5.60. The van der Waals surface area contributed by atoms with E-state index >= 15 is 0 Å². The van der Waals surface area contributed by atoms with Gasteiger partial charge in [-0.25, -0.2) is 0 Å². The number of carbonyl (C=O) groups excluding carboxylic acids is 1. The van der Waals surface area contributed by atoms with E-state index in [1.54, 1.807) is 13.8 Å². The molecule has 1 saturated heterocycles. The first-order chi connectivity index (χ1) is 12.1. The summed E-state index contributed by atoms with van der Waals surface area (Å²) < 4.78 is 10.8. The maximum atomic E-state index is 12.6. The van der Waals surface area contributed by atoms with E-state index in [0.29, 0.717) is 47.5 Å². The Labute approximate surface area is 152 Å². The van der Waals surface area contributed by atoms with Crippen molar-refractivity contribution in [1.82, 2.24) is 15.0 Å². The second kappa shape index (κ2) is 7.89. The molecule has 0 atom stereocenters. The molecule has 7 heteroatoms. The summed E-state index contributed by atoms with van der Waals surface area (Å²) in [5.74, 6) is 1.29. The van der Waals surface area contributed by atoms with Crippen LogP contribution in [0.1, 0.15) is 21.8 Å². The highest BCUT2D eigenvalue weighted by Gasteiger charge is 2.26. The maximum absolute atomic E-state index is 12.6. The van der Waals surface area contributed by atoms with E-state index in [0.717, 1.165) is 19.6 Å². The predicted octanol–water partition coefficient (Wildman–Crippen LogP) is 2.78. The molecule has 2 heterocycles. The first-order valence-corrected chi connectivity index (χ1v) is 8.76. The second-order valence-corrected chi connectivity index (χ2v) is 6.52. The molecule has 3 rings (SSSR count). The maximum Gasteiger partial charge on any atom is 0.259 e. The van der Waals surface area contributed by atoms with Crippen LogP contribution in [-0.2, 0) is 0 Å². The van der Waals surface area contributed by atoms with Gasteiger partial charge in [0.2, 0.25) is 0 Å². The molecule has 25 heavy (non-hydrogen) atoms. The van der Waals surface area contributed by atoms with Crippen LogP contribution in [0.4, 0.5) is 0 Å². The first kappa shape index (κ1) is 17.8. The van der Waals surface area contributed by atoms with Gasteiger partial charge in [-0.15, -0.1) is 0 Å². The molecule has 0 bridgehead atoms. The number of aromatic nitrogens is 1. The van der Waals surface area contributed by atoms with Crippen LogP contribution in [0.5, 0.6) is 5.75 Å². The number of piperazine rings is 1. The van der Waals surface area contributed by atoms with Crippen molar-refractivity contribution in [1.29, 1.82) is 0 Å². The van der Waals surface area contributed by atoms with E-state index in [9.17, 15) is 4.79 Å². The highest BCUT2D eigenvalue weighted by Crippen LogP contribution is 2.23. The van der Waals surface area contributed by atoms with Crippen LogP contribution in [0.2, 0.25) is 5.02 Å². The van der Waals surface area contributed by atoms with Gasteiger partial charge >= 0.3 is 0 Å². The van der Waals surface area contributed by atoms with Gasteiger partial charge in [0.25, 0.3) is 5.91 Å². The van der Waals surface area contributed by atoms with Crippen LogP contribution >= 0.6 is 11.6 Å². The zero-order chi connectivity index (χ0) is 17.8. The van der Waals surface area contributed by atoms with Crippen LogP contribution in [0.3, 0.4) is 0 Å². The van der Waals surface area contributed by atoms with Gasteiger partial charge in [-0.2, -0.15) is 0 Å². The lowest BCUT2D eigenvalue weighted by molar-refractivity contribution is 0.0618. The molecule has 0 radical (unpaired) electrons. The topological polar surface area (TPSA) is 58.8 Å². The lowest BCUT2D eigenvalue weighted by Gasteiger charge is -2.34. The van der Waals surface area contributed by atoms with Gasteiger partial charge in [-0.05, 0) is 26.0 Å². The minimum atomic E-state index is 0.00298. The summed E-state index contributed by atoms with van der Waals surface area (Å²) in [4.78, 5) is 16.8. The molecule has 0 spiro atoms. The Balaban J connectivity index is 1.46. The SMILES string of the molecule is Cc1noc(C)c1C(=O)N1CCN(CCOc2ccccc2Cl)CC1. The Hall–Kier alpha value is -2.05. The molecular formula is C18H22ClN3O3. The molecule has 0 saturated carbocycles. The number of nitrogens with zero attached hydrogens (tertiary/aromatic N) is 3. The number of rotatable bonds is 5. The smallest absolute Gasteiger partial charge is 0.259 e. The number of para-hydroxylation sites is 1. The van der Waals surface area contributed by atoms with Crippen molar-refractivity contribution >= 4 is 17.5 Å². The van der Waals surface area contributed by atoms with Gasteiger partial charge in [-0.3, -0.25) is 9.69 Å². The van der Waals surface area contributed by atoms with Crippen LogP contribution in [-0.4, -0.2) is 60.2 Å². The Morgan fingerprint density at radius 1 is 1.24 bits per heavy atom. The normalized spacial score (nSPS) is 15.4. The van der Waals surface area contributed by atoms with Crippen molar-refractivity contribution in [2.45, 2.75) is 13.8 Å². The molecule has 0 aliphatic carbocycles. The standard InChI is InChI=1S/C18H22ClN3O3/c1-13-17(14(2)25-20-13)18(23)22-9-7-21(8-10-22)11-12-24-16-6-4-3-5-15(16)19/h3-6H,7-12H2,1-2H3. The fourth-order valence-electron chi connectivity index (χ4n) is 2.97. The number of aryl methyl sites for hydroxylation is 2. The van der Waals surface area contributed by atoms with E-state index in [4.69, 9.17) is 20.9 Å². The van der Waals surface area contributed by atoms with Crippen LogP contribution < -0.4 is 4.74 Å². The summed E-state index contributed by atoms with van der Waals surface area (Å²) >= 11 is 6.08. The number of benzene rings is 1. The number of hydrogen-bond acceptors (Lipinski definition) is 5. The van der Waals surface area contributed by atoms with E-state index < -0.39 is 0 Å². The average Bonchev–Trinajstić information content (AvgIpc) is 2.95. The Morgan fingerprint density at radius 2 is 1.96 bits per heavy atom. The van der Waals surface area contributed by atoms with Gasteiger partial charge in [0.05, 0.1) is 10.7 Å². The molecule has 1 aliphatic heterocycles. The molecule has 1 amide bonds. The molecule has 1 fully saturated rings. The molecule has 0 N–H and O–H groups in total. The summed E-state index contributed by atoms with van der Waals surface area (Å²) in [6.45, 7) is 7.97. The molecule has 1 aromatic heterocycles. The van der Waals surface area contributed by atoms with Crippen molar-refractivity contribution < 1.29 is 14.1 Å². The summed E-state index contributed by atoms with van der Waals surface area (Å²) in [6.07, 6.45) is 0. The molecule has 2 aromatic rings. The van der Waals surface area contributed by atoms with Gasteiger partial charge in [0.15, 0.2) is 0 Å². The largest absolute Gasteiger partial charge is 0.491 e. The third-order valence-corrected chi connectivity index (χ3v) is 4.72. The van der Waals surface area contributed by atoms with Crippen LogP contribution in [0.25, 0.3) is 0 Å². The molecule has 1 aromatic carbocycles. The van der Waals surface area contributed by atoms with Gasteiger partial charge < -0.3 is 14.2 Å². The lowest BCUT2D eigenvalue weighted by atomic mass is 10.1. The van der Waals surface area contributed by atoms with E-state index in [-0.39, 0.29) is 5.91 Å². The zero-order valence-corrected chi connectivity index (χ0v) is 15.3. The molecule has 0 unspecified atom stereocenters. The van der Waals surface area contributed by atoms with Crippen molar-refractivity contribution in [2.75, 3.05) is 39.3 Å². The van der Waals surface area contributed by atoms with Crippen molar-refractivity contribution in [3.8, 4) is 5.75 Å². The van der Waals surface area contributed by atoms with Gasteiger partial charge in [0, 0.05) is 32.7 Å². The molecule has 1 aliphatic rings. The highest BCUT2D eigenvalue weighted by atomic mass is 35.5. The molecule has 6 nitrogen and oxygen atoms in total. The zero-order valence-electron chi connectivity index (χ0n) is 14.5. The van der Waals surface area contributed by atoms with Gasteiger partial charge in [-0.1, -0.05) is 28.9 Å². The fourth-order valence-corrected chi connectivity index (χ4v) is 3.16. The van der Waals surface area contributed by atoms with Crippen molar-refractivity contribution in [2.24, 2.45) is 0 Å². The monoisotopic (exact) mass is 363 g/mol. The summed E-state index contributed by atoms with van der Waals surface area (Å²) in [5.41, 5.74) is 1.24. The van der Waals surface area contributed by atoms with Crippen molar-refractivity contribution in [3.05, 3.63) is 46.3 Å². The number of carbonyl (C=O) groups is 1. The number of halogens is 1. The number of hydrogen-bond donors (Lipinski definition) is 0. The summed E-state index contributed by atoms with van der Waals surface area (Å²) in [5, 5.41) is 4.49. The minimum Gasteiger partial charge on any atom is -0.491 e. The van der Waals surface area contributed by atoms with Crippen LogP contribution in [0, 0.1) is 13.8 Å². The fraction of sp³-hybridized carbons (Fsp3) is 0.444. The minimum absolute atomic E-state index is 0.00298. The quantitative estimate of drug-likeness (QED) is 0.817. The number of ether oxygens (including phenoxy) is 1. The Bertz CT molecular complexity index is 719. The number of amides is 1. The van der Waals surface area contributed by atoms with Gasteiger partial charge in [0.1, 0.15) is 23.7 Å². The third-order valence-electron chi connectivity index (χ3n) is 4.41. The van der Waals surface area contributed by atoms with E-state index in [2.05, 4.69) is 10.1 Å². The summed E-state index contributed by atoms with van der Waals surface area (Å²) in [7, 11) is 0. The first-order valence-electron chi connectivity index (χ1n) is 8.38. The van der Waals surface area contributed by atoms with Crippen molar-refractivity contribution in [3.63, 3.8) is 0 Å². The van der Waals surface area contributed by atoms with E-state index in [1.807, 2.05) is 29.2 Å². The molecule has 134 valence electrons.